The summed E-state index contributed by atoms with van der Waals surface area (Å²) in [6.45, 7) is -0.784. The molecule has 29 heteroatoms. The lowest BCUT2D eigenvalue weighted by Crippen LogP contribution is -2.52. The Labute approximate surface area is 413 Å². The molecule has 22 N–H and O–H groups in total. The van der Waals surface area contributed by atoms with Gasteiger partial charge in [-0.2, -0.15) is 0 Å². The molecule has 0 aromatic heterocycles. The van der Waals surface area contributed by atoms with Gasteiger partial charge in [-0.3, -0.25) is 58.9 Å². The van der Waals surface area contributed by atoms with E-state index in [1.165, 1.54) is 39.0 Å². The predicted octanol–water partition coefficient (Wildman–Crippen LogP) is -5.43. The van der Waals surface area contributed by atoms with E-state index >= 15 is 0 Å². The summed E-state index contributed by atoms with van der Waals surface area (Å²) in [6, 6.07) is 4.46. The third kappa shape index (κ3) is 29.2. The number of carbonyl (C=O) groups is 6. The number of hydrogen-bond donors (Lipinski definition) is 12. The number of non-ortho nitro benzene ring substituents is 1. The summed E-state index contributed by atoms with van der Waals surface area (Å²) in [5, 5.41) is 17.0. The third-order valence-electron chi connectivity index (χ3n) is 10.4. The second-order valence-electron chi connectivity index (χ2n) is 16.3. The molecule has 29 nitrogen and oxygen atoms in total. The first kappa shape index (κ1) is 61.5. The summed E-state index contributed by atoms with van der Waals surface area (Å²) in [4.78, 5) is 114. The Balaban J connectivity index is 3.58. The van der Waals surface area contributed by atoms with Gasteiger partial charge in [0, 0.05) is 64.5 Å². The minimum absolute atomic E-state index is 0.0490. The minimum atomic E-state index is -1.14. The first-order valence-electron chi connectivity index (χ1n) is 23.3. The predicted molar refractivity (Wildman–Crippen MR) is 270 cm³/mol. The first-order chi connectivity index (χ1) is 33.7. The van der Waals surface area contributed by atoms with Gasteiger partial charge in [0.1, 0.15) is 6.04 Å². The van der Waals surface area contributed by atoms with Gasteiger partial charge in [0.2, 0.25) is 35.4 Å². The van der Waals surface area contributed by atoms with Crippen molar-refractivity contribution in [2.24, 2.45) is 77.3 Å². The summed E-state index contributed by atoms with van der Waals surface area (Å²) in [7, 11) is 0. The van der Waals surface area contributed by atoms with Crippen molar-refractivity contribution in [1.29, 1.82) is 0 Å². The smallest absolute Gasteiger partial charge is 0.269 e. The van der Waals surface area contributed by atoms with E-state index in [1.54, 1.807) is 0 Å². The van der Waals surface area contributed by atoms with Gasteiger partial charge >= 0.3 is 0 Å². The Morgan fingerprint density at radius 2 is 0.972 bits per heavy atom. The van der Waals surface area contributed by atoms with E-state index in [0.29, 0.717) is 25.1 Å². The Kier molecular flexibility index (Phi) is 30.8. The normalized spacial score (nSPS) is 11.0. The van der Waals surface area contributed by atoms with Crippen LogP contribution in [0.4, 0.5) is 5.69 Å². The molecular formula is C42H77N21O8. The number of nitrogens with two attached hydrogens (primary N) is 10. The molecular weight excluding hydrogens is 927 g/mol. The van der Waals surface area contributed by atoms with Crippen LogP contribution >= 0.6 is 0 Å². The molecule has 6 amide bonds. The number of nitro groups is 1. The van der Waals surface area contributed by atoms with Crippen LogP contribution in [0.1, 0.15) is 63.4 Å². The number of primary amides is 1. The molecule has 398 valence electrons. The molecule has 0 saturated carbocycles. The van der Waals surface area contributed by atoms with E-state index in [-0.39, 0.29) is 126 Å². The number of nitrogens with one attached hydrogen (secondary N) is 2. The largest absolute Gasteiger partial charge is 0.370 e. The topological polar surface area (TPSA) is 492 Å². The summed E-state index contributed by atoms with van der Waals surface area (Å²) in [5.41, 5.74) is 55.4. The van der Waals surface area contributed by atoms with E-state index in [9.17, 15) is 38.9 Å². The Hall–Kier alpha value is -7.56. The maximum Gasteiger partial charge on any atom is 0.269 e. The Morgan fingerprint density at radius 1 is 0.549 bits per heavy atom. The standard InChI is InChI=1S/C42H77N21O8/c43-15-3-1-2-4-16-53-25-34(65)60(22-7-19-56-41(49)50)27-36(67)61(23-8-20-57-42(51)52)28-37(68)62(24-14-30-10-12-31(13-11-30)63(70)71)29-35(66)59(21-6-18-55-40(47)48)26-33(64)58-32(38(44)69)9-5-17-54-39(45)46/h10-13,32,53H,1-9,14-29,43H2,(H2,44,69)(H,58,64)(H4,45,46,54)(H4,47,48,55)(H4,49,50,56)(H4,51,52,57)/t32-/m1/s1. The quantitative estimate of drug-likeness (QED) is 0.00967. The number of nitrogens with zero attached hydrogens (tertiary/aromatic N) is 9. The van der Waals surface area contributed by atoms with E-state index in [0.717, 1.165) is 30.6 Å². The average molecular weight is 1000 g/mol. The monoisotopic (exact) mass is 1000 g/mol. The molecule has 1 atom stereocenters. The zero-order chi connectivity index (χ0) is 53.1. The van der Waals surface area contributed by atoms with Crippen LogP contribution in [-0.4, -0.2) is 188 Å². The second kappa shape index (κ2) is 35.5. The summed E-state index contributed by atoms with van der Waals surface area (Å²) in [6.07, 6.45) is 4.74. The van der Waals surface area contributed by atoms with Crippen LogP contribution in [0.3, 0.4) is 0 Å². The molecule has 71 heavy (non-hydrogen) atoms. The zero-order valence-corrected chi connectivity index (χ0v) is 40.6. The van der Waals surface area contributed by atoms with Gasteiger partial charge in [-0.1, -0.05) is 25.0 Å². The second-order valence-corrected chi connectivity index (χ2v) is 16.3. The van der Waals surface area contributed by atoms with E-state index in [4.69, 9.17) is 57.3 Å². The molecule has 0 radical (unpaired) electrons. The third-order valence-corrected chi connectivity index (χ3v) is 10.4. The van der Waals surface area contributed by atoms with Crippen molar-refractivity contribution in [3.63, 3.8) is 0 Å². The van der Waals surface area contributed by atoms with Gasteiger partial charge in [0.25, 0.3) is 5.69 Å². The minimum Gasteiger partial charge on any atom is -0.370 e. The molecule has 0 fully saturated rings. The maximum atomic E-state index is 14.5. The molecule has 1 aromatic carbocycles. The van der Waals surface area contributed by atoms with Gasteiger partial charge < -0.3 is 87.6 Å². The summed E-state index contributed by atoms with van der Waals surface area (Å²) >= 11 is 0. The van der Waals surface area contributed by atoms with Crippen LogP contribution < -0.4 is 68.0 Å². The lowest BCUT2D eigenvalue weighted by Gasteiger charge is -2.31. The van der Waals surface area contributed by atoms with Gasteiger partial charge in [-0.05, 0) is 70.0 Å². The average Bonchev–Trinajstić information content (AvgIpc) is 3.30. The number of aliphatic imine (C=N–C) groups is 4. The summed E-state index contributed by atoms with van der Waals surface area (Å²) in [5.74, 6) is -4.68. The van der Waals surface area contributed by atoms with Gasteiger partial charge in [0.05, 0.1) is 37.6 Å². The highest BCUT2D eigenvalue weighted by Crippen LogP contribution is 2.14. The molecule has 0 bridgehead atoms. The highest BCUT2D eigenvalue weighted by Gasteiger charge is 2.28. The molecule has 1 rings (SSSR count). The van der Waals surface area contributed by atoms with Crippen LogP contribution in [0.5, 0.6) is 0 Å². The first-order valence-corrected chi connectivity index (χ1v) is 23.3. The summed E-state index contributed by atoms with van der Waals surface area (Å²) < 4.78 is 0. The SMILES string of the molecule is NCCCCCCNCC(=O)N(CCCN=C(N)N)CC(=O)N(CCCN=C(N)N)CC(=O)N(CCc1ccc([N+](=O)[O-])cc1)CC(=O)N(CCCN=C(N)N)CC(=O)N[C@H](CCCN=C(N)N)C(N)=O. The van der Waals surface area contributed by atoms with E-state index in [2.05, 4.69) is 30.6 Å². The lowest BCUT2D eigenvalue weighted by molar-refractivity contribution is -0.384. The fourth-order valence-corrected chi connectivity index (χ4v) is 6.67. The molecule has 0 saturated heterocycles. The maximum absolute atomic E-state index is 14.5. The van der Waals surface area contributed by atoms with Crippen LogP contribution in [-0.2, 0) is 35.2 Å². The number of amides is 6. The number of benzene rings is 1. The van der Waals surface area contributed by atoms with Crippen LogP contribution in [0.2, 0.25) is 0 Å². The van der Waals surface area contributed by atoms with E-state index in [1.807, 2.05) is 0 Å². The van der Waals surface area contributed by atoms with Crippen LogP contribution in [0.25, 0.3) is 0 Å². The van der Waals surface area contributed by atoms with Gasteiger partial charge in [0.15, 0.2) is 23.8 Å². The van der Waals surface area contributed by atoms with Crippen LogP contribution in [0.15, 0.2) is 44.2 Å². The van der Waals surface area contributed by atoms with Crippen molar-refractivity contribution in [3.05, 3.63) is 39.9 Å². The number of unbranched alkanes of at least 4 members (excludes halogenated alkanes) is 3. The van der Waals surface area contributed by atoms with E-state index < -0.39 is 66.7 Å². The Morgan fingerprint density at radius 3 is 1.41 bits per heavy atom. The highest BCUT2D eigenvalue weighted by molar-refractivity contribution is 5.92. The van der Waals surface area contributed by atoms with Crippen LogP contribution in [0, 0.1) is 10.1 Å². The van der Waals surface area contributed by atoms with Crippen molar-refractivity contribution < 1.29 is 33.7 Å². The molecule has 1 aromatic rings. The number of carbonyl (C=O) groups excluding carboxylic acids is 6. The van der Waals surface area contributed by atoms with Crippen molar-refractivity contribution in [1.82, 2.24) is 30.2 Å². The van der Waals surface area contributed by atoms with Gasteiger partial charge in [-0.25, -0.2) is 0 Å². The molecule has 0 unspecified atom stereocenters. The molecule has 0 aliphatic rings. The van der Waals surface area contributed by atoms with Crippen molar-refractivity contribution >= 4 is 65.0 Å². The molecule has 0 aliphatic heterocycles. The fourth-order valence-electron chi connectivity index (χ4n) is 6.67. The van der Waals surface area contributed by atoms with Gasteiger partial charge in [-0.15, -0.1) is 0 Å². The van der Waals surface area contributed by atoms with Crippen molar-refractivity contribution in [2.45, 2.75) is 70.3 Å². The zero-order valence-electron chi connectivity index (χ0n) is 40.6. The number of guanidine groups is 4. The number of nitro benzene ring substituents is 1. The molecule has 0 heterocycles. The Bertz CT molecular complexity index is 1950. The van der Waals surface area contributed by atoms with Crippen molar-refractivity contribution in [2.75, 3.05) is 98.2 Å². The lowest BCUT2D eigenvalue weighted by atomic mass is 10.1. The number of rotatable bonds is 38. The van der Waals surface area contributed by atoms with Crippen molar-refractivity contribution in [3.8, 4) is 0 Å². The number of hydrogen-bond acceptors (Lipinski definition) is 14. The highest BCUT2D eigenvalue weighted by atomic mass is 16.6. The molecule has 0 aliphatic carbocycles. The molecule has 0 spiro atoms. The fraction of sp³-hybridized carbons (Fsp3) is 0.619.